The highest BCUT2D eigenvalue weighted by molar-refractivity contribution is 5.82. The number of amides is 4. The second-order valence-corrected chi connectivity index (χ2v) is 7.67. The zero-order valence-corrected chi connectivity index (χ0v) is 16.2. The predicted octanol–water partition coefficient (Wildman–Crippen LogP) is 3.56. The molecule has 0 bridgehead atoms. The SMILES string of the molecule is O=C1NC(c2ccccc2)C2C(c3ccccc3)NC(=O)NC2(c2ccccc2)N1. The van der Waals surface area contributed by atoms with Crippen molar-refractivity contribution in [2.75, 3.05) is 0 Å². The molecule has 0 saturated carbocycles. The molecule has 4 N–H and O–H groups in total. The molecule has 30 heavy (non-hydrogen) atoms. The number of hydrogen-bond acceptors (Lipinski definition) is 2. The van der Waals surface area contributed by atoms with E-state index in [0.717, 1.165) is 16.7 Å². The molecule has 2 saturated heterocycles. The van der Waals surface area contributed by atoms with Crippen molar-refractivity contribution >= 4 is 12.1 Å². The van der Waals surface area contributed by atoms with Gasteiger partial charge in [0.15, 0.2) is 0 Å². The fourth-order valence-electron chi connectivity index (χ4n) is 4.72. The smallest absolute Gasteiger partial charge is 0.317 e. The summed E-state index contributed by atoms with van der Waals surface area (Å²) in [5.41, 5.74) is 1.74. The summed E-state index contributed by atoms with van der Waals surface area (Å²) < 4.78 is 0. The molecule has 0 spiro atoms. The highest BCUT2D eigenvalue weighted by Gasteiger charge is 2.57. The Kier molecular flexibility index (Phi) is 4.39. The summed E-state index contributed by atoms with van der Waals surface area (Å²) in [6.07, 6.45) is 0. The predicted molar refractivity (Wildman–Crippen MR) is 113 cm³/mol. The van der Waals surface area contributed by atoms with Crippen molar-refractivity contribution in [3.8, 4) is 0 Å². The first-order chi connectivity index (χ1) is 14.7. The van der Waals surface area contributed by atoms with Crippen molar-refractivity contribution in [1.29, 1.82) is 0 Å². The van der Waals surface area contributed by atoms with Gasteiger partial charge in [0.1, 0.15) is 5.66 Å². The van der Waals surface area contributed by atoms with E-state index in [1.165, 1.54) is 0 Å². The first-order valence-electron chi connectivity index (χ1n) is 10.0. The van der Waals surface area contributed by atoms with E-state index in [1.807, 2.05) is 91.0 Å². The number of urea groups is 2. The zero-order valence-electron chi connectivity index (χ0n) is 16.2. The molecule has 6 heteroatoms. The Bertz CT molecular complexity index is 993. The van der Waals surface area contributed by atoms with Gasteiger partial charge in [-0.15, -0.1) is 0 Å². The molecular weight excluding hydrogens is 376 g/mol. The molecule has 5 rings (SSSR count). The fourth-order valence-corrected chi connectivity index (χ4v) is 4.72. The topological polar surface area (TPSA) is 82.3 Å². The first-order valence-corrected chi connectivity index (χ1v) is 10.0. The van der Waals surface area contributed by atoms with Gasteiger partial charge in [-0.1, -0.05) is 91.0 Å². The molecule has 2 heterocycles. The third-order valence-electron chi connectivity index (χ3n) is 5.96. The van der Waals surface area contributed by atoms with Crippen molar-refractivity contribution in [3.63, 3.8) is 0 Å². The maximum Gasteiger partial charge on any atom is 0.317 e. The minimum atomic E-state index is -1.06. The highest BCUT2D eigenvalue weighted by atomic mass is 16.2. The monoisotopic (exact) mass is 398 g/mol. The Labute approximate surface area is 174 Å². The molecular formula is C24H22N4O2. The molecule has 0 radical (unpaired) electrons. The Morgan fingerprint density at radius 1 is 0.567 bits per heavy atom. The summed E-state index contributed by atoms with van der Waals surface area (Å²) in [6, 6.07) is 28.1. The lowest BCUT2D eigenvalue weighted by molar-refractivity contribution is 0.0557. The van der Waals surface area contributed by atoms with E-state index in [9.17, 15) is 9.59 Å². The number of carbonyl (C=O) groups is 2. The standard InChI is InChI=1S/C24H22N4O2/c29-22-25-20(16-10-4-1-5-11-16)19-21(17-12-6-2-7-13-17)26-23(30)28-24(19,27-22)18-14-8-3-9-15-18/h1-15,19-21H,(H2,25,27,29)(H2,26,28,30). The van der Waals surface area contributed by atoms with Gasteiger partial charge in [-0.05, 0) is 16.7 Å². The Morgan fingerprint density at radius 2 is 0.967 bits per heavy atom. The van der Waals surface area contributed by atoms with Crippen LogP contribution in [0.15, 0.2) is 91.0 Å². The minimum absolute atomic E-state index is 0.236. The lowest BCUT2D eigenvalue weighted by Gasteiger charge is -2.54. The Balaban J connectivity index is 1.73. The van der Waals surface area contributed by atoms with Crippen LogP contribution in [-0.2, 0) is 5.66 Å². The van der Waals surface area contributed by atoms with Gasteiger partial charge in [-0.3, -0.25) is 0 Å². The van der Waals surface area contributed by atoms with Gasteiger partial charge in [0.25, 0.3) is 0 Å². The van der Waals surface area contributed by atoms with Crippen LogP contribution in [0.25, 0.3) is 0 Å². The van der Waals surface area contributed by atoms with E-state index in [0.29, 0.717) is 0 Å². The van der Waals surface area contributed by atoms with Crippen LogP contribution in [0, 0.1) is 5.92 Å². The number of nitrogens with one attached hydrogen (secondary N) is 4. The molecule has 2 aliphatic rings. The van der Waals surface area contributed by atoms with Crippen molar-refractivity contribution in [3.05, 3.63) is 108 Å². The first kappa shape index (κ1) is 18.2. The number of rotatable bonds is 3. The lowest BCUT2D eigenvalue weighted by atomic mass is 9.70. The molecule has 150 valence electrons. The molecule has 2 atom stereocenters. The summed E-state index contributed by atoms with van der Waals surface area (Å²) in [7, 11) is 0. The van der Waals surface area contributed by atoms with E-state index in [4.69, 9.17) is 0 Å². The van der Waals surface area contributed by atoms with E-state index in [1.54, 1.807) is 0 Å². The largest absolute Gasteiger partial charge is 0.331 e. The average molecular weight is 398 g/mol. The third kappa shape index (κ3) is 2.97. The summed E-state index contributed by atoms with van der Waals surface area (Å²) in [6.45, 7) is 0. The highest BCUT2D eigenvalue weighted by Crippen LogP contribution is 2.47. The van der Waals surface area contributed by atoms with Crippen LogP contribution in [0.2, 0.25) is 0 Å². The van der Waals surface area contributed by atoms with Crippen molar-refractivity contribution in [2.24, 2.45) is 5.92 Å². The van der Waals surface area contributed by atoms with E-state index in [2.05, 4.69) is 21.3 Å². The molecule has 0 aliphatic carbocycles. The number of carbonyl (C=O) groups excluding carboxylic acids is 2. The minimum Gasteiger partial charge on any atom is -0.331 e. The lowest BCUT2D eigenvalue weighted by Crippen LogP contribution is -2.75. The van der Waals surface area contributed by atoms with Crippen molar-refractivity contribution in [2.45, 2.75) is 17.7 Å². The second-order valence-electron chi connectivity index (χ2n) is 7.67. The van der Waals surface area contributed by atoms with Gasteiger partial charge < -0.3 is 21.3 Å². The second kappa shape index (κ2) is 7.22. The summed E-state index contributed by atoms with van der Waals surface area (Å²) in [4.78, 5) is 25.7. The van der Waals surface area contributed by atoms with Crippen LogP contribution in [0.4, 0.5) is 9.59 Å². The summed E-state index contributed by atoms with van der Waals surface area (Å²) in [5, 5.41) is 12.3. The van der Waals surface area contributed by atoms with Crippen LogP contribution in [0.1, 0.15) is 28.8 Å². The molecule has 2 fully saturated rings. The summed E-state index contributed by atoms with van der Waals surface area (Å²) >= 11 is 0. The van der Waals surface area contributed by atoms with Crippen molar-refractivity contribution < 1.29 is 9.59 Å². The van der Waals surface area contributed by atoms with Crippen LogP contribution in [0.5, 0.6) is 0 Å². The average Bonchev–Trinajstić information content (AvgIpc) is 2.79. The van der Waals surface area contributed by atoms with Crippen LogP contribution in [0.3, 0.4) is 0 Å². The summed E-state index contributed by atoms with van der Waals surface area (Å²) in [5.74, 6) is -0.236. The van der Waals surface area contributed by atoms with Gasteiger partial charge >= 0.3 is 12.1 Å². The zero-order chi connectivity index (χ0) is 20.6. The maximum absolute atomic E-state index is 12.8. The van der Waals surface area contributed by atoms with E-state index >= 15 is 0 Å². The van der Waals surface area contributed by atoms with Gasteiger partial charge in [0.05, 0.1) is 18.0 Å². The van der Waals surface area contributed by atoms with Crippen LogP contribution < -0.4 is 21.3 Å². The number of hydrogen-bond donors (Lipinski definition) is 4. The van der Waals surface area contributed by atoms with Gasteiger partial charge in [0.2, 0.25) is 0 Å². The molecule has 2 aliphatic heterocycles. The molecule has 2 unspecified atom stereocenters. The maximum atomic E-state index is 12.8. The third-order valence-corrected chi connectivity index (χ3v) is 5.96. The van der Waals surface area contributed by atoms with Gasteiger partial charge in [0, 0.05) is 0 Å². The number of fused-ring (bicyclic) bond motifs is 1. The molecule has 0 aromatic heterocycles. The molecule has 4 amide bonds. The molecule has 3 aromatic carbocycles. The Hall–Kier alpha value is -3.80. The molecule has 3 aromatic rings. The normalized spacial score (nSPS) is 27.7. The number of benzene rings is 3. The van der Waals surface area contributed by atoms with E-state index < -0.39 is 5.66 Å². The van der Waals surface area contributed by atoms with Gasteiger partial charge in [-0.2, -0.15) is 0 Å². The van der Waals surface area contributed by atoms with Crippen molar-refractivity contribution in [1.82, 2.24) is 21.3 Å². The fraction of sp³-hybridized carbons (Fsp3) is 0.167. The van der Waals surface area contributed by atoms with Crippen LogP contribution in [-0.4, -0.2) is 12.1 Å². The Morgan fingerprint density at radius 3 is 1.40 bits per heavy atom. The van der Waals surface area contributed by atoms with Gasteiger partial charge in [-0.25, -0.2) is 9.59 Å². The van der Waals surface area contributed by atoms with Crippen LogP contribution >= 0.6 is 0 Å². The van der Waals surface area contributed by atoms with E-state index in [-0.39, 0.29) is 30.1 Å². The quantitative estimate of drug-likeness (QED) is 0.544. The molecule has 6 nitrogen and oxygen atoms in total.